The van der Waals surface area contributed by atoms with Gasteiger partial charge in [0.1, 0.15) is 5.75 Å². The fourth-order valence-corrected chi connectivity index (χ4v) is 2.72. The Bertz CT molecular complexity index is 386. The maximum atomic E-state index is 5.88. The zero-order valence-corrected chi connectivity index (χ0v) is 10.9. The largest absolute Gasteiger partial charge is 0.496 e. The molecular weight excluding hydrogens is 212 g/mol. The molecule has 1 atom stereocenters. The first-order valence-electron chi connectivity index (χ1n) is 6.23. The maximum Gasteiger partial charge on any atom is 0.123 e. The van der Waals surface area contributed by atoms with E-state index in [0.29, 0.717) is 18.0 Å². The van der Waals surface area contributed by atoms with Crippen molar-refractivity contribution in [2.24, 2.45) is 11.7 Å². The van der Waals surface area contributed by atoms with E-state index >= 15 is 0 Å². The highest BCUT2D eigenvalue weighted by Crippen LogP contribution is 2.40. The molecule has 17 heavy (non-hydrogen) atoms. The van der Waals surface area contributed by atoms with Crippen LogP contribution in [0.3, 0.4) is 0 Å². The molecule has 0 aliphatic heterocycles. The Morgan fingerprint density at radius 3 is 2.65 bits per heavy atom. The number of hydrogen-bond acceptors (Lipinski definition) is 3. The smallest absolute Gasteiger partial charge is 0.123 e. The Morgan fingerprint density at radius 2 is 2.12 bits per heavy atom. The molecule has 1 aromatic carbocycles. The number of ether oxygens (including phenoxy) is 1. The monoisotopic (exact) mass is 234 g/mol. The molecule has 3 heteroatoms. The summed E-state index contributed by atoms with van der Waals surface area (Å²) in [5, 5.41) is 3.41. The van der Waals surface area contributed by atoms with Crippen LogP contribution in [0.4, 0.5) is 0 Å². The predicted octanol–water partition coefficient (Wildman–Crippen LogP) is 2.00. The number of rotatable bonds is 4. The minimum Gasteiger partial charge on any atom is -0.496 e. The standard InChI is InChI=1S/C14H22N2O/c1-9-4-5-13(17-3)12(6-9)14(16-2)10-7-11(15)8-10/h4-6,10-11,14,16H,7-8,15H2,1-3H3. The molecule has 0 heterocycles. The molecule has 0 radical (unpaired) electrons. The number of aryl methyl sites for hydroxylation is 1. The molecule has 3 nitrogen and oxygen atoms in total. The van der Waals surface area contributed by atoms with Gasteiger partial charge in [0.15, 0.2) is 0 Å². The summed E-state index contributed by atoms with van der Waals surface area (Å²) >= 11 is 0. The highest BCUT2D eigenvalue weighted by atomic mass is 16.5. The van der Waals surface area contributed by atoms with Gasteiger partial charge in [-0.2, -0.15) is 0 Å². The second kappa shape index (κ2) is 5.07. The highest BCUT2D eigenvalue weighted by molar-refractivity contribution is 5.39. The molecule has 1 aliphatic carbocycles. The van der Waals surface area contributed by atoms with Crippen molar-refractivity contribution in [3.8, 4) is 5.75 Å². The van der Waals surface area contributed by atoms with E-state index in [4.69, 9.17) is 10.5 Å². The molecule has 0 saturated heterocycles. The van der Waals surface area contributed by atoms with E-state index in [1.165, 1.54) is 11.1 Å². The van der Waals surface area contributed by atoms with E-state index in [2.05, 4.69) is 24.4 Å². The fourth-order valence-electron chi connectivity index (χ4n) is 2.72. The SMILES string of the molecule is CNC(c1cc(C)ccc1OC)C1CC(N)C1. The molecule has 0 spiro atoms. The Balaban J connectivity index is 2.26. The van der Waals surface area contributed by atoms with Crippen LogP contribution in [0.5, 0.6) is 5.75 Å². The third kappa shape index (κ3) is 2.45. The van der Waals surface area contributed by atoms with Gasteiger partial charge in [0.25, 0.3) is 0 Å². The van der Waals surface area contributed by atoms with Gasteiger partial charge in [-0.15, -0.1) is 0 Å². The van der Waals surface area contributed by atoms with Gasteiger partial charge in [0, 0.05) is 17.6 Å². The van der Waals surface area contributed by atoms with Crippen LogP contribution in [0.15, 0.2) is 18.2 Å². The molecule has 2 rings (SSSR count). The van der Waals surface area contributed by atoms with Crippen LogP contribution in [0, 0.1) is 12.8 Å². The summed E-state index contributed by atoms with van der Waals surface area (Å²) in [6.07, 6.45) is 2.20. The summed E-state index contributed by atoms with van der Waals surface area (Å²) in [5.41, 5.74) is 8.41. The van der Waals surface area contributed by atoms with Crippen molar-refractivity contribution < 1.29 is 4.74 Å². The predicted molar refractivity (Wildman–Crippen MR) is 70.2 cm³/mol. The van der Waals surface area contributed by atoms with E-state index in [1.807, 2.05) is 13.1 Å². The topological polar surface area (TPSA) is 47.3 Å². The van der Waals surface area contributed by atoms with Crippen molar-refractivity contribution in [3.63, 3.8) is 0 Å². The van der Waals surface area contributed by atoms with Crippen molar-refractivity contribution in [2.45, 2.75) is 31.8 Å². The Kier molecular flexibility index (Phi) is 3.69. The molecule has 0 amide bonds. The van der Waals surface area contributed by atoms with Gasteiger partial charge in [-0.3, -0.25) is 0 Å². The Labute approximate surface area is 103 Å². The minimum absolute atomic E-state index is 0.352. The number of nitrogens with one attached hydrogen (secondary N) is 1. The van der Waals surface area contributed by atoms with Gasteiger partial charge < -0.3 is 15.8 Å². The summed E-state index contributed by atoms with van der Waals surface area (Å²) in [4.78, 5) is 0. The van der Waals surface area contributed by atoms with Crippen LogP contribution in [0.25, 0.3) is 0 Å². The first kappa shape index (κ1) is 12.4. The first-order chi connectivity index (χ1) is 8.15. The quantitative estimate of drug-likeness (QED) is 0.837. The number of nitrogens with two attached hydrogens (primary N) is 1. The van der Waals surface area contributed by atoms with Crippen LogP contribution >= 0.6 is 0 Å². The van der Waals surface area contributed by atoms with Crippen LogP contribution < -0.4 is 15.8 Å². The lowest BCUT2D eigenvalue weighted by Crippen LogP contribution is -2.42. The molecule has 0 bridgehead atoms. The molecule has 1 aromatic rings. The van der Waals surface area contributed by atoms with E-state index in [-0.39, 0.29) is 0 Å². The Hall–Kier alpha value is -1.06. The third-order valence-corrected chi connectivity index (χ3v) is 3.71. The summed E-state index contributed by atoms with van der Waals surface area (Å²) in [7, 11) is 3.74. The lowest BCUT2D eigenvalue weighted by atomic mass is 9.73. The minimum atomic E-state index is 0.352. The molecule has 1 saturated carbocycles. The lowest BCUT2D eigenvalue weighted by molar-refractivity contribution is 0.201. The van der Waals surface area contributed by atoms with Crippen molar-refractivity contribution in [3.05, 3.63) is 29.3 Å². The zero-order chi connectivity index (χ0) is 12.4. The van der Waals surface area contributed by atoms with Gasteiger partial charge in [0.2, 0.25) is 0 Å². The van der Waals surface area contributed by atoms with Crippen molar-refractivity contribution in [2.75, 3.05) is 14.2 Å². The van der Waals surface area contributed by atoms with Crippen LogP contribution in [-0.4, -0.2) is 20.2 Å². The summed E-state index contributed by atoms with van der Waals surface area (Å²) in [5.74, 6) is 1.60. The third-order valence-electron chi connectivity index (χ3n) is 3.71. The van der Waals surface area contributed by atoms with E-state index in [9.17, 15) is 0 Å². The van der Waals surface area contributed by atoms with Gasteiger partial charge in [-0.25, -0.2) is 0 Å². The molecule has 0 aromatic heterocycles. The van der Waals surface area contributed by atoms with Crippen molar-refractivity contribution in [1.82, 2.24) is 5.32 Å². The second-order valence-corrected chi connectivity index (χ2v) is 5.00. The van der Waals surface area contributed by atoms with Crippen molar-refractivity contribution >= 4 is 0 Å². The number of benzene rings is 1. The molecule has 3 N–H and O–H groups in total. The first-order valence-corrected chi connectivity index (χ1v) is 6.23. The normalized spacial score (nSPS) is 25.2. The maximum absolute atomic E-state index is 5.88. The Morgan fingerprint density at radius 1 is 1.41 bits per heavy atom. The zero-order valence-electron chi connectivity index (χ0n) is 10.9. The van der Waals surface area contributed by atoms with Crippen LogP contribution in [0.2, 0.25) is 0 Å². The average Bonchev–Trinajstić information content (AvgIpc) is 2.28. The summed E-state index contributed by atoms with van der Waals surface area (Å²) < 4.78 is 5.46. The van der Waals surface area contributed by atoms with Crippen LogP contribution in [-0.2, 0) is 0 Å². The summed E-state index contributed by atoms with van der Waals surface area (Å²) in [6, 6.07) is 7.08. The van der Waals surface area contributed by atoms with E-state index in [0.717, 1.165) is 18.6 Å². The van der Waals surface area contributed by atoms with E-state index < -0.39 is 0 Å². The number of hydrogen-bond donors (Lipinski definition) is 2. The van der Waals surface area contributed by atoms with Gasteiger partial charge in [-0.05, 0) is 38.8 Å². The second-order valence-electron chi connectivity index (χ2n) is 5.00. The molecular formula is C14H22N2O. The highest BCUT2D eigenvalue weighted by Gasteiger charge is 2.34. The number of methoxy groups -OCH3 is 1. The van der Waals surface area contributed by atoms with E-state index in [1.54, 1.807) is 7.11 Å². The van der Waals surface area contributed by atoms with Crippen molar-refractivity contribution in [1.29, 1.82) is 0 Å². The van der Waals surface area contributed by atoms with Gasteiger partial charge >= 0.3 is 0 Å². The molecule has 1 unspecified atom stereocenters. The van der Waals surface area contributed by atoms with Gasteiger partial charge in [0.05, 0.1) is 7.11 Å². The molecule has 94 valence electrons. The lowest BCUT2D eigenvalue weighted by Gasteiger charge is -2.39. The fraction of sp³-hybridized carbons (Fsp3) is 0.571. The van der Waals surface area contributed by atoms with Crippen LogP contribution in [0.1, 0.15) is 30.0 Å². The molecule has 1 aliphatic rings. The summed E-state index contributed by atoms with van der Waals surface area (Å²) in [6.45, 7) is 2.11. The average molecular weight is 234 g/mol. The van der Waals surface area contributed by atoms with Gasteiger partial charge in [-0.1, -0.05) is 17.7 Å². The molecule has 1 fully saturated rings.